The van der Waals surface area contributed by atoms with Crippen molar-refractivity contribution in [1.29, 1.82) is 0 Å². The first kappa shape index (κ1) is 15.5. The second-order valence-corrected chi connectivity index (χ2v) is 7.24. The van der Waals surface area contributed by atoms with Gasteiger partial charge in [-0.2, -0.15) is 0 Å². The van der Waals surface area contributed by atoms with Gasteiger partial charge in [0.15, 0.2) is 9.84 Å². The molecule has 0 aliphatic heterocycles. The lowest BCUT2D eigenvalue weighted by atomic mass is 10.2. The molecule has 0 N–H and O–H groups in total. The van der Waals surface area contributed by atoms with Crippen LogP contribution in [0.1, 0.15) is 24.5 Å². The summed E-state index contributed by atoms with van der Waals surface area (Å²) in [6.45, 7) is 3.84. The minimum atomic E-state index is -3.32. The maximum absolute atomic E-state index is 12.6. The van der Waals surface area contributed by atoms with Gasteiger partial charge in [-0.05, 0) is 31.0 Å². The minimum Gasteiger partial charge on any atom is -0.223 e. The van der Waals surface area contributed by atoms with Crippen molar-refractivity contribution in [2.24, 2.45) is 0 Å². The molecule has 0 aromatic heterocycles. The highest BCUT2D eigenvalue weighted by atomic mass is 32.2. The van der Waals surface area contributed by atoms with E-state index in [-0.39, 0.29) is 0 Å². The van der Waals surface area contributed by atoms with Crippen molar-refractivity contribution < 1.29 is 8.42 Å². The summed E-state index contributed by atoms with van der Waals surface area (Å²) in [5.74, 6) is 0. The smallest absolute Gasteiger partial charge is 0.184 e. The molecule has 0 aliphatic carbocycles. The van der Waals surface area contributed by atoms with Crippen LogP contribution in [0, 0.1) is 6.92 Å². The van der Waals surface area contributed by atoms with Crippen LogP contribution in [-0.4, -0.2) is 13.7 Å². The van der Waals surface area contributed by atoms with E-state index in [0.29, 0.717) is 11.3 Å². The second kappa shape index (κ2) is 6.72. The number of aryl methyl sites for hydroxylation is 1. The first-order valence-corrected chi connectivity index (χ1v) is 8.62. The van der Waals surface area contributed by atoms with Gasteiger partial charge in [-0.25, -0.2) is 8.42 Å². The number of hydrogen-bond acceptors (Lipinski definition) is 2. The summed E-state index contributed by atoms with van der Waals surface area (Å²) in [4.78, 5) is 0.387. The largest absolute Gasteiger partial charge is 0.223 e. The molecule has 0 amide bonds. The van der Waals surface area contributed by atoms with Crippen LogP contribution in [-0.2, 0) is 9.84 Å². The van der Waals surface area contributed by atoms with E-state index in [2.05, 4.69) is 0 Å². The molecule has 0 spiro atoms. The molecule has 0 fully saturated rings. The molecule has 0 aliphatic rings. The van der Waals surface area contributed by atoms with Crippen molar-refractivity contribution in [3.8, 4) is 0 Å². The molecule has 0 radical (unpaired) electrons. The Bertz CT molecular complexity index is 699. The van der Waals surface area contributed by atoms with Crippen molar-refractivity contribution in [2.75, 3.05) is 0 Å². The highest BCUT2D eigenvalue weighted by molar-refractivity contribution is 7.92. The summed E-state index contributed by atoms with van der Waals surface area (Å²) >= 11 is 0. The van der Waals surface area contributed by atoms with E-state index in [1.165, 1.54) is 0 Å². The predicted octanol–water partition coefficient (Wildman–Crippen LogP) is 4.26. The molecule has 2 aromatic carbocycles. The first-order valence-electron chi connectivity index (χ1n) is 7.08. The molecule has 2 aromatic rings. The van der Waals surface area contributed by atoms with Crippen molar-refractivity contribution in [1.82, 2.24) is 0 Å². The summed E-state index contributed by atoms with van der Waals surface area (Å²) < 4.78 is 25.3. The zero-order valence-corrected chi connectivity index (χ0v) is 13.2. The molecule has 0 heterocycles. The van der Waals surface area contributed by atoms with Gasteiger partial charge in [-0.1, -0.05) is 67.1 Å². The topological polar surface area (TPSA) is 34.1 Å². The normalized spacial score (nSPS) is 13.4. The Balaban J connectivity index is 2.28. The predicted molar refractivity (Wildman–Crippen MR) is 87.9 cm³/mol. The Labute approximate surface area is 127 Å². The van der Waals surface area contributed by atoms with Crippen LogP contribution >= 0.6 is 0 Å². The molecule has 3 heteroatoms. The van der Waals surface area contributed by atoms with Gasteiger partial charge in [0.25, 0.3) is 0 Å². The molecule has 2 rings (SSSR count). The fourth-order valence-corrected chi connectivity index (χ4v) is 3.73. The van der Waals surface area contributed by atoms with Gasteiger partial charge in [0.05, 0.1) is 10.1 Å². The van der Waals surface area contributed by atoms with Crippen molar-refractivity contribution in [3.63, 3.8) is 0 Å². The molecule has 21 heavy (non-hydrogen) atoms. The van der Waals surface area contributed by atoms with Crippen LogP contribution in [0.3, 0.4) is 0 Å². The summed E-state index contributed by atoms with van der Waals surface area (Å²) in [6, 6.07) is 16.8. The molecule has 1 unspecified atom stereocenters. The maximum atomic E-state index is 12.6. The molecular weight excluding hydrogens is 280 g/mol. The highest BCUT2D eigenvalue weighted by Gasteiger charge is 2.23. The SMILES string of the molecule is CCC(/C=C/c1ccccc1)S(=O)(=O)c1ccc(C)cc1. The van der Waals surface area contributed by atoms with E-state index < -0.39 is 15.1 Å². The van der Waals surface area contributed by atoms with E-state index in [4.69, 9.17) is 0 Å². The van der Waals surface area contributed by atoms with Gasteiger partial charge in [0.2, 0.25) is 0 Å². The fraction of sp³-hybridized carbons (Fsp3) is 0.222. The van der Waals surface area contributed by atoms with Gasteiger partial charge >= 0.3 is 0 Å². The Kier molecular flexibility index (Phi) is 4.97. The van der Waals surface area contributed by atoms with Crippen LogP contribution in [0.4, 0.5) is 0 Å². The Morgan fingerprint density at radius 1 is 1.00 bits per heavy atom. The number of benzene rings is 2. The van der Waals surface area contributed by atoms with Crippen molar-refractivity contribution in [2.45, 2.75) is 30.4 Å². The third kappa shape index (κ3) is 3.82. The third-order valence-electron chi connectivity index (χ3n) is 3.45. The van der Waals surface area contributed by atoms with E-state index >= 15 is 0 Å². The summed E-state index contributed by atoms with van der Waals surface area (Å²) in [6.07, 6.45) is 4.21. The maximum Gasteiger partial charge on any atom is 0.184 e. The third-order valence-corrected chi connectivity index (χ3v) is 5.67. The Hall–Kier alpha value is -1.87. The lowest BCUT2D eigenvalue weighted by Crippen LogP contribution is -2.18. The van der Waals surface area contributed by atoms with Crippen LogP contribution in [0.15, 0.2) is 65.6 Å². The Morgan fingerprint density at radius 2 is 1.62 bits per heavy atom. The van der Waals surface area contributed by atoms with Gasteiger partial charge < -0.3 is 0 Å². The average Bonchev–Trinajstić information content (AvgIpc) is 2.49. The summed E-state index contributed by atoms with van der Waals surface area (Å²) in [5, 5.41) is -0.500. The fourth-order valence-electron chi connectivity index (χ4n) is 2.14. The number of hydrogen-bond donors (Lipinski definition) is 0. The Morgan fingerprint density at radius 3 is 2.19 bits per heavy atom. The zero-order valence-electron chi connectivity index (χ0n) is 12.4. The molecule has 2 nitrogen and oxygen atoms in total. The van der Waals surface area contributed by atoms with Crippen LogP contribution in [0.2, 0.25) is 0 Å². The molecule has 1 atom stereocenters. The van der Waals surface area contributed by atoms with Crippen molar-refractivity contribution in [3.05, 3.63) is 71.8 Å². The van der Waals surface area contributed by atoms with Crippen LogP contribution in [0.25, 0.3) is 6.08 Å². The molecule has 0 saturated carbocycles. The highest BCUT2D eigenvalue weighted by Crippen LogP contribution is 2.20. The van der Waals surface area contributed by atoms with Gasteiger partial charge in [-0.3, -0.25) is 0 Å². The average molecular weight is 300 g/mol. The number of rotatable bonds is 5. The second-order valence-electron chi connectivity index (χ2n) is 5.07. The van der Waals surface area contributed by atoms with E-state index in [0.717, 1.165) is 11.1 Å². The minimum absolute atomic E-state index is 0.387. The van der Waals surface area contributed by atoms with Gasteiger partial charge in [0, 0.05) is 0 Å². The molecular formula is C18H20O2S. The summed E-state index contributed by atoms with van der Waals surface area (Å²) in [5.41, 5.74) is 2.07. The van der Waals surface area contributed by atoms with Crippen molar-refractivity contribution >= 4 is 15.9 Å². The van der Waals surface area contributed by atoms with Crippen LogP contribution in [0.5, 0.6) is 0 Å². The lowest BCUT2D eigenvalue weighted by Gasteiger charge is -2.12. The first-order chi connectivity index (χ1) is 10.0. The van der Waals surface area contributed by atoms with Gasteiger partial charge in [0.1, 0.15) is 0 Å². The molecule has 0 saturated heterocycles. The lowest BCUT2D eigenvalue weighted by molar-refractivity contribution is 0.586. The monoisotopic (exact) mass is 300 g/mol. The van der Waals surface area contributed by atoms with E-state index in [9.17, 15) is 8.42 Å². The molecule has 0 bridgehead atoms. The van der Waals surface area contributed by atoms with E-state index in [1.54, 1.807) is 18.2 Å². The van der Waals surface area contributed by atoms with Crippen LogP contribution < -0.4 is 0 Å². The van der Waals surface area contributed by atoms with Gasteiger partial charge in [-0.15, -0.1) is 0 Å². The number of sulfone groups is 1. The van der Waals surface area contributed by atoms with E-state index in [1.807, 2.05) is 62.4 Å². The zero-order chi connectivity index (χ0) is 15.3. The molecule has 110 valence electrons. The summed E-state index contributed by atoms with van der Waals surface area (Å²) in [7, 11) is -3.32. The quantitative estimate of drug-likeness (QED) is 0.826. The standard InChI is InChI=1S/C18H20O2S/c1-3-17(14-11-16-7-5-4-6-8-16)21(19,20)18-12-9-15(2)10-13-18/h4-14,17H,3H2,1-2H3/b14-11+.